The largest absolute Gasteiger partial charge is 0.462 e. The van der Waals surface area contributed by atoms with Crippen molar-refractivity contribution < 1.29 is 28.6 Å². The molecule has 406 valence electrons. The van der Waals surface area contributed by atoms with Crippen LogP contribution in [0.1, 0.15) is 310 Å². The highest BCUT2D eigenvalue weighted by Crippen LogP contribution is 2.16. The van der Waals surface area contributed by atoms with Crippen LogP contribution in [0.5, 0.6) is 0 Å². The Morgan fingerprint density at radius 1 is 0.286 bits per heavy atom. The van der Waals surface area contributed by atoms with Gasteiger partial charge < -0.3 is 14.2 Å². The van der Waals surface area contributed by atoms with Crippen molar-refractivity contribution in [3.8, 4) is 0 Å². The number of hydrogen-bond donors (Lipinski definition) is 0. The number of allylic oxidation sites excluding steroid dienone is 10. The SMILES string of the molecule is CCCCC/C=C\C/C=C\C/C=C\C/C=C\CCCC(=O)OC(COC(=O)CCCCCCC/C=C\CCCCCCCCC)COC(=O)CCCCCCCCCCCCCCCCCCCCC. The molecule has 1 unspecified atom stereocenters. The van der Waals surface area contributed by atoms with E-state index < -0.39 is 6.10 Å². The van der Waals surface area contributed by atoms with Crippen LogP contribution >= 0.6 is 0 Å². The minimum Gasteiger partial charge on any atom is -0.462 e. The fourth-order valence-electron chi connectivity index (χ4n) is 8.67. The predicted molar refractivity (Wildman–Crippen MR) is 302 cm³/mol. The van der Waals surface area contributed by atoms with Crippen molar-refractivity contribution >= 4 is 17.9 Å². The van der Waals surface area contributed by atoms with Gasteiger partial charge in [-0.25, -0.2) is 0 Å². The number of carbonyl (C=O) groups excluding carboxylic acids is 3. The zero-order chi connectivity index (χ0) is 50.7. The lowest BCUT2D eigenvalue weighted by Crippen LogP contribution is -2.30. The molecule has 70 heavy (non-hydrogen) atoms. The Balaban J connectivity index is 4.43. The lowest BCUT2D eigenvalue weighted by Gasteiger charge is -2.18. The second-order valence-corrected chi connectivity index (χ2v) is 20.3. The maximum atomic E-state index is 12.8. The Labute approximate surface area is 434 Å². The van der Waals surface area contributed by atoms with Crippen LogP contribution in [0.4, 0.5) is 0 Å². The van der Waals surface area contributed by atoms with Crippen molar-refractivity contribution in [1.82, 2.24) is 0 Å². The Bertz CT molecular complexity index is 1260. The van der Waals surface area contributed by atoms with Gasteiger partial charge in [0.25, 0.3) is 0 Å². The van der Waals surface area contributed by atoms with Crippen LogP contribution in [-0.4, -0.2) is 37.2 Å². The Morgan fingerprint density at radius 2 is 0.529 bits per heavy atom. The van der Waals surface area contributed by atoms with Gasteiger partial charge in [0, 0.05) is 19.3 Å². The number of carbonyl (C=O) groups is 3. The normalized spacial score (nSPS) is 12.4. The summed E-state index contributed by atoms with van der Waals surface area (Å²) in [4.78, 5) is 38.2. The molecule has 0 heterocycles. The van der Waals surface area contributed by atoms with Crippen molar-refractivity contribution in [2.45, 2.75) is 316 Å². The Morgan fingerprint density at radius 3 is 0.886 bits per heavy atom. The molecule has 0 amide bonds. The van der Waals surface area contributed by atoms with Gasteiger partial charge in [-0.2, -0.15) is 0 Å². The molecule has 0 saturated carbocycles. The lowest BCUT2D eigenvalue weighted by atomic mass is 10.0. The van der Waals surface area contributed by atoms with E-state index in [1.807, 2.05) is 0 Å². The molecule has 0 spiro atoms. The van der Waals surface area contributed by atoms with Crippen LogP contribution in [0.15, 0.2) is 60.8 Å². The number of esters is 3. The van der Waals surface area contributed by atoms with Crippen LogP contribution in [0, 0.1) is 0 Å². The molecular formula is C64H114O6. The summed E-state index contributed by atoms with van der Waals surface area (Å²) in [5, 5.41) is 0. The van der Waals surface area contributed by atoms with Gasteiger partial charge in [-0.1, -0.05) is 268 Å². The van der Waals surface area contributed by atoms with E-state index in [2.05, 4.69) is 81.5 Å². The maximum absolute atomic E-state index is 12.8. The molecule has 0 radical (unpaired) electrons. The van der Waals surface area contributed by atoms with Gasteiger partial charge in [-0.05, 0) is 83.5 Å². The van der Waals surface area contributed by atoms with Crippen molar-refractivity contribution in [3.05, 3.63) is 60.8 Å². The first kappa shape index (κ1) is 67.1. The molecule has 1 atom stereocenters. The van der Waals surface area contributed by atoms with Crippen LogP contribution in [0.3, 0.4) is 0 Å². The average molecular weight is 980 g/mol. The number of rotatable bonds is 55. The van der Waals surface area contributed by atoms with Crippen LogP contribution < -0.4 is 0 Å². The summed E-state index contributed by atoms with van der Waals surface area (Å²) in [6.45, 7) is 6.60. The minimum atomic E-state index is -0.805. The van der Waals surface area contributed by atoms with Crippen LogP contribution in [-0.2, 0) is 28.6 Å². The number of ether oxygens (including phenoxy) is 3. The molecule has 0 aliphatic rings. The van der Waals surface area contributed by atoms with Gasteiger partial charge in [0.05, 0.1) is 0 Å². The lowest BCUT2D eigenvalue weighted by molar-refractivity contribution is -0.167. The summed E-state index contributed by atoms with van der Waals surface area (Å²) in [6.07, 6.45) is 73.6. The molecular weight excluding hydrogens is 865 g/mol. The number of unbranched alkanes of at least 4 members (excludes halogenated alkanes) is 34. The summed E-state index contributed by atoms with van der Waals surface area (Å²) in [6, 6.07) is 0. The number of hydrogen-bond acceptors (Lipinski definition) is 6. The van der Waals surface area contributed by atoms with Gasteiger partial charge in [0.1, 0.15) is 13.2 Å². The molecule has 0 N–H and O–H groups in total. The van der Waals surface area contributed by atoms with Gasteiger partial charge in [0.15, 0.2) is 6.10 Å². The molecule has 6 heteroatoms. The minimum absolute atomic E-state index is 0.0956. The quantitative estimate of drug-likeness (QED) is 0.0261. The zero-order valence-corrected chi connectivity index (χ0v) is 46.5. The third-order valence-corrected chi connectivity index (χ3v) is 13.2. The van der Waals surface area contributed by atoms with Crippen molar-refractivity contribution in [2.75, 3.05) is 13.2 Å². The van der Waals surface area contributed by atoms with E-state index >= 15 is 0 Å². The Hall–Kier alpha value is -2.89. The van der Waals surface area contributed by atoms with E-state index in [0.29, 0.717) is 19.3 Å². The van der Waals surface area contributed by atoms with E-state index in [1.165, 1.54) is 193 Å². The molecule has 0 aromatic carbocycles. The van der Waals surface area contributed by atoms with Crippen molar-refractivity contribution in [2.24, 2.45) is 0 Å². The molecule has 0 aromatic heterocycles. The molecule has 0 rings (SSSR count). The third kappa shape index (κ3) is 56.0. The molecule has 0 bridgehead atoms. The summed E-state index contributed by atoms with van der Waals surface area (Å²) < 4.78 is 16.8. The molecule has 6 nitrogen and oxygen atoms in total. The first-order valence-electron chi connectivity index (χ1n) is 30.3. The van der Waals surface area contributed by atoms with E-state index in [4.69, 9.17) is 14.2 Å². The molecule has 0 fully saturated rings. The average Bonchev–Trinajstić information content (AvgIpc) is 3.36. The van der Waals surface area contributed by atoms with E-state index in [0.717, 1.165) is 70.6 Å². The van der Waals surface area contributed by atoms with Crippen molar-refractivity contribution in [1.29, 1.82) is 0 Å². The fourth-order valence-corrected chi connectivity index (χ4v) is 8.67. The van der Waals surface area contributed by atoms with E-state index in [9.17, 15) is 14.4 Å². The van der Waals surface area contributed by atoms with Crippen molar-refractivity contribution in [3.63, 3.8) is 0 Å². The monoisotopic (exact) mass is 979 g/mol. The summed E-state index contributed by atoms with van der Waals surface area (Å²) in [5.41, 5.74) is 0. The standard InChI is InChI=1S/C64H114O6/c1-4-7-10-13-16-19-22-25-28-31-32-34-36-39-42-45-48-51-54-57-63(66)69-60-61(59-68-62(65)56-53-50-47-44-41-38-35-30-27-24-21-18-15-12-9-6-3)70-64(67)58-55-52-49-46-43-40-37-33-29-26-23-20-17-14-11-8-5-2/h17,20,26,29-30,35,37,40,46,49,61H,4-16,18-19,21-25,27-28,31-34,36,38-39,41-45,47-48,50-60H2,1-3H3/b20-17-,29-26-,35-30-,40-37-,49-46-. The zero-order valence-electron chi connectivity index (χ0n) is 46.5. The highest BCUT2D eigenvalue weighted by atomic mass is 16.6. The summed E-state index contributed by atoms with van der Waals surface area (Å²) in [5.74, 6) is -0.946. The van der Waals surface area contributed by atoms with Gasteiger partial charge in [0.2, 0.25) is 0 Å². The smallest absolute Gasteiger partial charge is 0.306 e. The predicted octanol–water partition coefficient (Wildman–Crippen LogP) is 20.4. The first-order chi connectivity index (χ1) is 34.5. The van der Waals surface area contributed by atoms with Gasteiger partial charge in [-0.3, -0.25) is 14.4 Å². The van der Waals surface area contributed by atoms with Gasteiger partial charge >= 0.3 is 17.9 Å². The second kappa shape index (κ2) is 58.7. The summed E-state index contributed by atoms with van der Waals surface area (Å²) in [7, 11) is 0. The molecule has 0 aromatic rings. The van der Waals surface area contributed by atoms with Crippen LogP contribution in [0.2, 0.25) is 0 Å². The topological polar surface area (TPSA) is 78.9 Å². The Kier molecular flexibility index (Phi) is 56.3. The maximum Gasteiger partial charge on any atom is 0.306 e. The van der Waals surface area contributed by atoms with Gasteiger partial charge in [-0.15, -0.1) is 0 Å². The molecule has 0 aliphatic carbocycles. The summed E-state index contributed by atoms with van der Waals surface area (Å²) >= 11 is 0. The first-order valence-corrected chi connectivity index (χ1v) is 30.3. The highest BCUT2D eigenvalue weighted by Gasteiger charge is 2.19. The highest BCUT2D eigenvalue weighted by molar-refractivity contribution is 5.71. The van der Waals surface area contributed by atoms with E-state index in [1.54, 1.807) is 0 Å². The van der Waals surface area contributed by atoms with Crippen LogP contribution in [0.25, 0.3) is 0 Å². The third-order valence-electron chi connectivity index (χ3n) is 13.2. The molecule has 0 saturated heterocycles. The molecule has 0 aliphatic heterocycles. The second-order valence-electron chi connectivity index (χ2n) is 20.3. The van der Waals surface area contributed by atoms with E-state index in [-0.39, 0.29) is 37.5 Å². The fraction of sp³-hybridized carbons (Fsp3) is 0.797.